The van der Waals surface area contributed by atoms with E-state index >= 15 is 0 Å². The fourth-order valence-corrected chi connectivity index (χ4v) is 4.28. The molecule has 3 aliphatic rings. The van der Waals surface area contributed by atoms with Gasteiger partial charge in [-0.3, -0.25) is 4.79 Å². The molecule has 1 heterocycles. The number of aromatic nitrogens is 1. The summed E-state index contributed by atoms with van der Waals surface area (Å²) < 4.78 is 5.30. The standard InChI is InChI=1S/C20H22N2O2/c1-12(23)17-11-21-20(22-15-4-3-5-16(10-15)24-2)19-14-8-6-13(7-9-14)18(17)19/h3-5,10-11,13-14H,6-9H2,1-2H3,(H,21,22). The molecule has 0 saturated heterocycles. The fourth-order valence-electron chi connectivity index (χ4n) is 4.28. The van der Waals surface area contributed by atoms with Crippen molar-refractivity contribution in [2.45, 2.75) is 44.4 Å². The Morgan fingerprint density at radius 1 is 1.17 bits per heavy atom. The Balaban J connectivity index is 1.79. The first kappa shape index (κ1) is 15.2. The number of hydrogen-bond donors (Lipinski definition) is 1. The Labute approximate surface area is 142 Å². The Kier molecular flexibility index (Phi) is 3.75. The van der Waals surface area contributed by atoms with E-state index in [1.807, 2.05) is 24.3 Å². The van der Waals surface area contributed by atoms with Crippen molar-refractivity contribution in [2.24, 2.45) is 0 Å². The highest BCUT2D eigenvalue weighted by Gasteiger charge is 2.37. The molecule has 1 aromatic heterocycles. The van der Waals surface area contributed by atoms with Gasteiger partial charge in [0.2, 0.25) is 0 Å². The molecule has 1 saturated carbocycles. The molecule has 4 nitrogen and oxygen atoms in total. The number of rotatable bonds is 4. The number of methoxy groups -OCH3 is 1. The van der Waals surface area contributed by atoms with Crippen molar-refractivity contribution in [2.75, 3.05) is 12.4 Å². The van der Waals surface area contributed by atoms with Crippen molar-refractivity contribution in [1.82, 2.24) is 4.98 Å². The van der Waals surface area contributed by atoms with Gasteiger partial charge in [0.05, 0.1) is 7.11 Å². The predicted octanol–water partition coefficient (Wildman–Crippen LogP) is 4.79. The highest BCUT2D eigenvalue weighted by atomic mass is 16.5. The van der Waals surface area contributed by atoms with Crippen molar-refractivity contribution in [1.29, 1.82) is 0 Å². The number of fused-ring (bicyclic) bond motifs is 2. The monoisotopic (exact) mass is 322 g/mol. The maximum absolute atomic E-state index is 12.1. The lowest BCUT2D eigenvalue weighted by molar-refractivity contribution is 0.101. The summed E-state index contributed by atoms with van der Waals surface area (Å²) in [6, 6.07) is 7.86. The Morgan fingerprint density at radius 3 is 2.54 bits per heavy atom. The van der Waals surface area contributed by atoms with E-state index in [4.69, 9.17) is 4.74 Å². The van der Waals surface area contributed by atoms with E-state index in [-0.39, 0.29) is 5.78 Å². The second-order valence-electron chi connectivity index (χ2n) is 6.81. The molecular formula is C20H22N2O2. The van der Waals surface area contributed by atoms with E-state index in [1.165, 1.54) is 36.8 Å². The molecule has 1 N–H and O–H groups in total. The summed E-state index contributed by atoms with van der Waals surface area (Å²) in [5.41, 5.74) is 4.30. The first-order chi connectivity index (χ1) is 11.7. The zero-order valence-electron chi connectivity index (χ0n) is 14.1. The number of nitrogens with one attached hydrogen (secondary N) is 1. The summed E-state index contributed by atoms with van der Waals surface area (Å²) in [6.07, 6.45) is 6.55. The van der Waals surface area contributed by atoms with Gasteiger partial charge in [-0.25, -0.2) is 4.98 Å². The SMILES string of the molecule is COc1cccc(Nc2ncc(C(C)=O)c3c2C2CCC3CC2)c1. The number of pyridine rings is 1. The van der Waals surface area contributed by atoms with Crippen LogP contribution in [0.4, 0.5) is 11.5 Å². The molecule has 0 amide bonds. The van der Waals surface area contributed by atoms with Crippen molar-refractivity contribution in [3.8, 4) is 5.75 Å². The lowest BCUT2D eigenvalue weighted by atomic mass is 9.66. The number of carbonyl (C=O) groups is 1. The van der Waals surface area contributed by atoms with E-state index in [9.17, 15) is 4.79 Å². The summed E-state index contributed by atoms with van der Waals surface area (Å²) in [5.74, 6) is 2.87. The summed E-state index contributed by atoms with van der Waals surface area (Å²) in [4.78, 5) is 16.7. The predicted molar refractivity (Wildman–Crippen MR) is 94.5 cm³/mol. The van der Waals surface area contributed by atoms with Crippen LogP contribution in [0.1, 0.15) is 65.9 Å². The first-order valence-corrected chi connectivity index (χ1v) is 8.62. The zero-order valence-corrected chi connectivity index (χ0v) is 14.1. The van der Waals surface area contributed by atoms with Crippen LogP contribution >= 0.6 is 0 Å². The largest absolute Gasteiger partial charge is 0.497 e. The minimum absolute atomic E-state index is 0.124. The minimum atomic E-state index is 0.124. The second kappa shape index (κ2) is 5.93. The molecule has 1 fully saturated rings. The average Bonchev–Trinajstić information content (AvgIpc) is 2.62. The van der Waals surface area contributed by atoms with Gasteiger partial charge in [-0.05, 0) is 62.1 Å². The van der Waals surface area contributed by atoms with Gasteiger partial charge in [-0.15, -0.1) is 0 Å². The van der Waals surface area contributed by atoms with E-state index in [2.05, 4.69) is 10.3 Å². The number of Topliss-reactive ketones (excluding diaryl/α,β-unsaturated/α-hetero) is 1. The van der Waals surface area contributed by atoms with Crippen LogP contribution in [0.2, 0.25) is 0 Å². The zero-order chi connectivity index (χ0) is 16.7. The molecule has 0 radical (unpaired) electrons. The molecule has 0 aliphatic heterocycles. The third kappa shape index (κ3) is 2.46. The molecule has 4 heteroatoms. The quantitative estimate of drug-likeness (QED) is 0.822. The number of carbonyl (C=O) groups excluding carboxylic acids is 1. The van der Waals surface area contributed by atoms with Gasteiger partial charge >= 0.3 is 0 Å². The topological polar surface area (TPSA) is 51.2 Å². The van der Waals surface area contributed by atoms with Gasteiger partial charge in [0.25, 0.3) is 0 Å². The molecule has 24 heavy (non-hydrogen) atoms. The van der Waals surface area contributed by atoms with Gasteiger partial charge in [-0.2, -0.15) is 0 Å². The molecule has 0 atom stereocenters. The van der Waals surface area contributed by atoms with Crippen LogP contribution < -0.4 is 10.1 Å². The van der Waals surface area contributed by atoms with Crippen LogP contribution in [-0.4, -0.2) is 17.9 Å². The lowest BCUT2D eigenvalue weighted by Gasteiger charge is -2.40. The number of ketones is 1. The lowest BCUT2D eigenvalue weighted by Crippen LogP contribution is -2.25. The van der Waals surface area contributed by atoms with Crippen LogP contribution in [0.15, 0.2) is 30.5 Å². The number of benzene rings is 1. The molecule has 3 aliphatic carbocycles. The van der Waals surface area contributed by atoms with Crippen LogP contribution in [0.25, 0.3) is 0 Å². The van der Waals surface area contributed by atoms with Gasteiger partial charge in [0.15, 0.2) is 5.78 Å². The van der Waals surface area contributed by atoms with Crippen LogP contribution in [-0.2, 0) is 0 Å². The third-order valence-corrected chi connectivity index (χ3v) is 5.41. The molecule has 1 aromatic carbocycles. The Morgan fingerprint density at radius 2 is 1.88 bits per heavy atom. The first-order valence-electron chi connectivity index (χ1n) is 8.62. The van der Waals surface area contributed by atoms with E-state index in [0.29, 0.717) is 11.8 Å². The van der Waals surface area contributed by atoms with Crippen LogP contribution in [0, 0.1) is 0 Å². The van der Waals surface area contributed by atoms with Crippen molar-refractivity contribution >= 4 is 17.3 Å². The maximum Gasteiger partial charge on any atom is 0.161 e. The smallest absolute Gasteiger partial charge is 0.161 e. The minimum Gasteiger partial charge on any atom is -0.497 e. The average molecular weight is 322 g/mol. The number of anilines is 2. The van der Waals surface area contributed by atoms with Crippen molar-refractivity contribution in [3.63, 3.8) is 0 Å². The summed E-state index contributed by atoms with van der Waals surface area (Å²) in [7, 11) is 1.67. The molecule has 124 valence electrons. The molecule has 2 bridgehead atoms. The van der Waals surface area contributed by atoms with Gasteiger partial charge in [-0.1, -0.05) is 6.07 Å². The van der Waals surface area contributed by atoms with Gasteiger partial charge in [0.1, 0.15) is 11.6 Å². The molecule has 2 aromatic rings. The van der Waals surface area contributed by atoms with E-state index in [0.717, 1.165) is 22.8 Å². The van der Waals surface area contributed by atoms with Crippen molar-refractivity contribution in [3.05, 3.63) is 47.2 Å². The molecule has 0 spiro atoms. The number of ether oxygens (including phenoxy) is 1. The van der Waals surface area contributed by atoms with Crippen LogP contribution in [0.5, 0.6) is 5.75 Å². The van der Waals surface area contributed by atoms with Crippen LogP contribution in [0.3, 0.4) is 0 Å². The van der Waals surface area contributed by atoms with Gasteiger partial charge in [0, 0.05) is 29.1 Å². The molecule has 0 unspecified atom stereocenters. The molecule has 5 rings (SSSR count). The van der Waals surface area contributed by atoms with Gasteiger partial charge < -0.3 is 10.1 Å². The summed E-state index contributed by atoms with van der Waals surface area (Å²) >= 11 is 0. The highest BCUT2D eigenvalue weighted by Crippen LogP contribution is 2.52. The normalized spacial score (nSPS) is 21.2. The maximum atomic E-state index is 12.1. The Bertz CT molecular complexity index is 792. The van der Waals surface area contributed by atoms with E-state index < -0.39 is 0 Å². The van der Waals surface area contributed by atoms with Crippen molar-refractivity contribution < 1.29 is 9.53 Å². The van der Waals surface area contributed by atoms with E-state index in [1.54, 1.807) is 20.2 Å². The Hall–Kier alpha value is -2.36. The third-order valence-electron chi connectivity index (χ3n) is 5.41. The summed E-state index contributed by atoms with van der Waals surface area (Å²) in [6.45, 7) is 1.65. The summed E-state index contributed by atoms with van der Waals surface area (Å²) in [5, 5.41) is 3.46. The fraction of sp³-hybridized carbons (Fsp3) is 0.400. The highest BCUT2D eigenvalue weighted by molar-refractivity contribution is 5.96. The number of hydrogen-bond acceptors (Lipinski definition) is 4. The molecular weight excluding hydrogens is 300 g/mol. The second-order valence-corrected chi connectivity index (χ2v) is 6.81. The number of nitrogens with zero attached hydrogens (tertiary/aromatic N) is 1.